The number of aromatic nitrogens is 2. The second-order valence-corrected chi connectivity index (χ2v) is 8.76. The molecule has 1 atom stereocenters. The lowest BCUT2D eigenvalue weighted by Gasteiger charge is -2.18. The van der Waals surface area contributed by atoms with Crippen molar-refractivity contribution in [2.75, 3.05) is 0 Å². The molecule has 0 aliphatic rings. The maximum Gasteiger partial charge on any atom is 0.336 e. The van der Waals surface area contributed by atoms with Crippen LogP contribution >= 0.6 is 23.7 Å². The van der Waals surface area contributed by atoms with Crippen LogP contribution in [0.4, 0.5) is 0 Å². The molecule has 6 nitrogen and oxygen atoms in total. The summed E-state index contributed by atoms with van der Waals surface area (Å²) in [7, 11) is 0. The molecule has 0 fully saturated rings. The number of carboxylic acid groups (broad SMARTS) is 1. The Morgan fingerprint density at radius 2 is 1.82 bits per heavy atom. The number of ether oxygens (including phenoxy) is 1. The standard InChI is InChI=1S/C26H25N3O3S.ClH/c1-17(2)32-20-11-9-18(10-12-20)22-13-14-27-25(29-22)24(23-8-5-15-33-23)28-16-19-6-3-4-7-21(19)26(30)31;/h3-15,17,24,28H,16H2,1-2H3,(H,30,31);1H. The average Bonchev–Trinajstić information content (AvgIpc) is 3.34. The Bertz CT molecular complexity index is 1210. The first-order chi connectivity index (χ1) is 16.0. The van der Waals surface area contributed by atoms with Gasteiger partial charge in [0.25, 0.3) is 0 Å². The number of rotatable bonds is 9. The zero-order valence-corrected chi connectivity index (χ0v) is 20.5. The number of carbonyl (C=O) groups is 1. The van der Waals surface area contributed by atoms with Gasteiger partial charge in [0.1, 0.15) is 11.8 Å². The molecular formula is C26H26ClN3O3S. The van der Waals surface area contributed by atoms with Crippen molar-refractivity contribution in [3.8, 4) is 17.0 Å². The van der Waals surface area contributed by atoms with Gasteiger partial charge < -0.3 is 9.84 Å². The molecule has 2 heterocycles. The average molecular weight is 496 g/mol. The summed E-state index contributed by atoms with van der Waals surface area (Å²) in [5.74, 6) is 0.506. The van der Waals surface area contributed by atoms with E-state index in [0.29, 0.717) is 17.9 Å². The SMILES string of the molecule is CC(C)Oc1ccc(-c2ccnc(C(NCc3ccccc3C(=O)O)c3cccs3)n2)cc1.Cl. The van der Waals surface area contributed by atoms with Crippen molar-refractivity contribution >= 4 is 29.7 Å². The van der Waals surface area contributed by atoms with Crippen LogP contribution in [-0.2, 0) is 6.54 Å². The lowest BCUT2D eigenvalue weighted by Crippen LogP contribution is -2.24. The van der Waals surface area contributed by atoms with Gasteiger partial charge in [-0.3, -0.25) is 5.32 Å². The van der Waals surface area contributed by atoms with E-state index in [1.165, 1.54) is 0 Å². The highest BCUT2D eigenvalue weighted by molar-refractivity contribution is 7.10. The normalized spacial score (nSPS) is 11.6. The van der Waals surface area contributed by atoms with Gasteiger partial charge in [0.2, 0.25) is 0 Å². The molecule has 0 saturated carbocycles. The molecule has 0 amide bonds. The van der Waals surface area contributed by atoms with Crippen molar-refractivity contribution in [2.24, 2.45) is 0 Å². The van der Waals surface area contributed by atoms with E-state index in [1.54, 1.807) is 29.7 Å². The predicted octanol–water partition coefficient (Wildman–Crippen LogP) is 5.99. The van der Waals surface area contributed by atoms with Crippen LogP contribution in [0.15, 0.2) is 78.3 Å². The predicted molar refractivity (Wildman–Crippen MR) is 137 cm³/mol. The zero-order valence-electron chi connectivity index (χ0n) is 18.8. The Kier molecular flexibility index (Phi) is 8.76. The van der Waals surface area contributed by atoms with E-state index in [4.69, 9.17) is 9.72 Å². The Morgan fingerprint density at radius 3 is 2.50 bits per heavy atom. The van der Waals surface area contributed by atoms with Crippen LogP contribution in [0.2, 0.25) is 0 Å². The molecule has 0 aliphatic heterocycles. The topological polar surface area (TPSA) is 84.3 Å². The van der Waals surface area contributed by atoms with Gasteiger partial charge in [0.05, 0.1) is 17.4 Å². The largest absolute Gasteiger partial charge is 0.491 e. The fourth-order valence-electron chi connectivity index (χ4n) is 3.52. The van der Waals surface area contributed by atoms with Gasteiger partial charge >= 0.3 is 5.97 Å². The van der Waals surface area contributed by atoms with E-state index < -0.39 is 5.97 Å². The van der Waals surface area contributed by atoms with Crippen molar-refractivity contribution in [3.05, 3.63) is 100 Å². The Balaban J connectivity index is 0.00000324. The van der Waals surface area contributed by atoms with Crippen LogP contribution < -0.4 is 10.1 Å². The summed E-state index contributed by atoms with van der Waals surface area (Å²) in [4.78, 5) is 22.0. The molecule has 2 aromatic heterocycles. The number of carboxylic acids is 1. The number of benzene rings is 2. The molecular weight excluding hydrogens is 470 g/mol. The smallest absolute Gasteiger partial charge is 0.336 e. The van der Waals surface area contributed by atoms with Gasteiger partial charge in [-0.1, -0.05) is 24.3 Å². The summed E-state index contributed by atoms with van der Waals surface area (Å²) in [6, 6.07) is 20.5. The minimum Gasteiger partial charge on any atom is -0.491 e. The Morgan fingerprint density at radius 1 is 1.06 bits per heavy atom. The maximum absolute atomic E-state index is 11.6. The Labute approximate surface area is 209 Å². The van der Waals surface area contributed by atoms with Gasteiger partial charge in [0, 0.05) is 23.2 Å². The highest BCUT2D eigenvalue weighted by Crippen LogP contribution is 2.27. The van der Waals surface area contributed by atoms with Gasteiger partial charge in [-0.25, -0.2) is 14.8 Å². The Hall–Kier alpha value is -3.26. The minimum atomic E-state index is -0.941. The first-order valence-corrected chi connectivity index (χ1v) is 11.6. The first-order valence-electron chi connectivity index (χ1n) is 10.7. The second-order valence-electron chi connectivity index (χ2n) is 7.78. The minimum absolute atomic E-state index is 0. The summed E-state index contributed by atoms with van der Waals surface area (Å²) in [6.07, 6.45) is 1.87. The molecule has 2 N–H and O–H groups in total. The third kappa shape index (κ3) is 6.20. The third-order valence-electron chi connectivity index (χ3n) is 5.03. The number of nitrogens with zero attached hydrogens (tertiary/aromatic N) is 2. The molecule has 0 saturated heterocycles. The molecule has 4 rings (SSSR count). The van der Waals surface area contributed by atoms with E-state index in [1.807, 2.05) is 73.8 Å². The number of nitrogens with one attached hydrogen (secondary N) is 1. The van der Waals surface area contributed by atoms with E-state index in [-0.39, 0.29) is 30.1 Å². The lowest BCUT2D eigenvalue weighted by molar-refractivity contribution is 0.0695. The number of hydrogen-bond acceptors (Lipinski definition) is 6. The molecule has 8 heteroatoms. The second kappa shape index (κ2) is 11.7. The van der Waals surface area contributed by atoms with Gasteiger partial charge in [-0.2, -0.15) is 0 Å². The molecule has 0 radical (unpaired) electrons. The number of aromatic carboxylic acids is 1. The molecule has 1 unspecified atom stereocenters. The molecule has 4 aromatic rings. The monoisotopic (exact) mass is 495 g/mol. The van der Waals surface area contributed by atoms with Crippen LogP contribution in [0.25, 0.3) is 11.3 Å². The summed E-state index contributed by atoms with van der Waals surface area (Å²) in [6.45, 7) is 4.37. The van der Waals surface area contributed by atoms with E-state index in [0.717, 1.165) is 21.9 Å². The highest BCUT2D eigenvalue weighted by Gasteiger charge is 2.20. The molecule has 34 heavy (non-hydrogen) atoms. The fraction of sp³-hybridized carbons (Fsp3) is 0.192. The van der Waals surface area contributed by atoms with Gasteiger partial charge in [-0.15, -0.1) is 23.7 Å². The molecule has 0 aliphatic carbocycles. The zero-order chi connectivity index (χ0) is 23.2. The van der Waals surface area contributed by atoms with Crippen molar-refractivity contribution in [3.63, 3.8) is 0 Å². The van der Waals surface area contributed by atoms with Crippen LogP contribution in [0.1, 0.15) is 46.5 Å². The van der Waals surface area contributed by atoms with Crippen molar-refractivity contribution < 1.29 is 14.6 Å². The van der Waals surface area contributed by atoms with Crippen LogP contribution in [0.3, 0.4) is 0 Å². The van der Waals surface area contributed by atoms with Crippen LogP contribution in [-0.4, -0.2) is 27.1 Å². The van der Waals surface area contributed by atoms with Crippen molar-refractivity contribution in [1.29, 1.82) is 0 Å². The van der Waals surface area contributed by atoms with Gasteiger partial charge in [-0.05, 0) is 67.3 Å². The van der Waals surface area contributed by atoms with E-state index in [9.17, 15) is 9.90 Å². The summed E-state index contributed by atoms with van der Waals surface area (Å²) >= 11 is 1.61. The highest BCUT2D eigenvalue weighted by atomic mass is 35.5. The summed E-state index contributed by atoms with van der Waals surface area (Å²) < 4.78 is 5.73. The van der Waals surface area contributed by atoms with Crippen molar-refractivity contribution in [2.45, 2.75) is 32.5 Å². The fourth-order valence-corrected chi connectivity index (χ4v) is 4.32. The molecule has 0 bridgehead atoms. The number of hydrogen-bond donors (Lipinski definition) is 2. The maximum atomic E-state index is 11.6. The molecule has 0 spiro atoms. The lowest BCUT2D eigenvalue weighted by atomic mass is 10.1. The summed E-state index contributed by atoms with van der Waals surface area (Å²) in [5, 5.41) is 15.0. The molecule has 2 aromatic carbocycles. The van der Waals surface area contributed by atoms with E-state index in [2.05, 4.69) is 10.3 Å². The molecule has 176 valence electrons. The number of halogens is 1. The van der Waals surface area contributed by atoms with Crippen LogP contribution in [0.5, 0.6) is 5.75 Å². The van der Waals surface area contributed by atoms with Gasteiger partial charge in [0.15, 0.2) is 5.82 Å². The van der Waals surface area contributed by atoms with Crippen molar-refractivity contribution in [1.82, 2.24) is 15.3 Å². The third-order valence-corrected chi connectivity index (χ3v) is 5.96. The quantitative estimate of drug-likeness (QED) is 0.296. The number of thiophene rings is 1. The first kappa shape index (κ1) is 25.4. The summed E-state index contributed by atoms with van der Waals surface area (Å²) in [5.41, 5.74) is 2.78. The van der Waals surface area contributed by atoms with Crippen LogP contribution in [0, 0.1) is 0 Å². The van der Waals surface area contributed by atoms with E-state index >= 15 is 0 Å².